The van der Waals surface area contributed by atoms with Crippen LogP contribution in [0.4, 0.5) is 5.82 Å². The first kappa shape index (κ1) is 20.7. The minimum absolute atomic E-state index is 0.0336. The number of nitrogens with zero attached hydrogens (tertiary/aromatic N) is 3. The lowest BCUT2D eigenvalue weighted by molar-refractivity contribution is 0.162. The first-order chi connectivity index (χ1) is 14.7. The maximum atomic E-state index is 10.2. The molecule has 0 bridgehead atoms. The van der Waals surface area contributed by atoms with E-state index >= 15 is 0 Å². The van der Waals surface area contributed by atoms with Crippen molar-refractivity contribution < 1.29 is 9.84 Å². The molecule has 2 fully saturated rings. The summed E-state index contributed by atoms with van der Waals surface area (Å²) in [5.41, 5.74) is 3.40. The summed E-state index contributed by atoms with van der Waals surface area (Å²) in [4.78, 5) is 5.13. The SMILES string of the molecule is COCCN[C@H]1CCC(Nc2c3c(nc4c(Br)cnn24)C2(CCCC2)C(CO)C3)C1. The van der Waals surface area contributed by atoms with E-state index in [1.54, 1.807) is 7.11 Å². The number of anilines is 1. The molecule has 3 N–H and O–H groups in total. The van der Waals surface area contributed by atoms with E-state index in [9.17, 15) is 5.11 Å². The molecule has 0 aromatic carbocycles. The zero-order chi connectivity index (χ0) is 20.7. The van der Waals surface area contributed by atoms with Crippen LogP contribution in [0.15, 0.2) is 10.7 Å². The van der Waals surface area contributed by atoms with Gasteiger partial charge < -0.3 is 20.5 Å². The highest BCUT2D eigenvalue weighted by molar-refractivity contribution is 9.10. The fourth-order valence-corrected chi connectivity index (χ4v) is 6.48. The third kappa shape index (κ3) is 3.36. The number of ether oxygens (including phenoxy) is 1. The van der Waals surface area contributed by atoms with Crippen LogP contribution < -0.4 is 10.6 Å². The van der Waals surface area contributed by atoms with Crippen LogP contribution in [0.3, 0.4) is 0 Å². The number of halogens is 1. The Bertz CT molecular complexity index is 911. The molecule has 0 saturated heterocycles. The van der Waals surface area contributed by atoms with Crippen molar-refractivity contribution in [2.24, 2.45) is 5.92 Å². The van der Waals surface area contributed by atoms with Gasteiger partial charge in [0.1, 0.15) is 5.82 Å². The molecule has 164 valence electrons. The van der Waals surface area contributed by atoms with Gasteiger partial charge in [-0.1, -0.05) is 12.8 Å². The monoisotopic (exact) mass is 477 g/mol. The fourth-order valence-electron chi connectivity index (χ4n) is 6.14. The molecule has 2 unspecified atom stereocenters. The van der Waals surface area contributed by atoms with E-state index in [0.29, 0.717) is 12.1 Å². The molecule has 2 aromatic rings. The second-order valence-electron chi connectivity index (χ2n) is 9.26. The van der Waals surface area contributed by atoms with E-state index in [2.05, 4.69) is 31.7 Å². The van der Waals surface area contributed by atoms with Gasteiger partial charge in [-0.25, -0.2) is 4.98 Å². The molecule has 30 heavy (non-hydrogen) atoms. The Morgan fingerprint density at radius 3 is 2.87 bits per heavy atom. The molecule has 2 aromatic heterocycles. The second kappa shape index (κ2) is 8.37. The summed E-state index contributed by atoms with van der Waals surface area (Å²) in [6.07, 6.45) is 10.9. The highest BCUT2D eigenvalue weighted by Gasteiger charge is 2.51. The molecule has 8 heteroatoms. The number of aliphatic hydroxyl groups excluding tert-OH is 1. The summed E-state index contributed by atoms with van der Waals surface area (Å²) in [5.74, 6) is 1.35. The van der Waals surface area contributed by atoms with Crippen LogP contribution >= 0.6 is 15.9 Å². The normalized spacial score (nSPS) is 27.4. The summed E-state index contributed by atoms with van der Waals surface area (Å²) < 4.78 is 8.07. The number of rotatable bonds is 7. The van der Waals surface area contributed by atoms with Crippen LogP contribution in [-0.4, -0.2) is 58.7 Å². The molecule has 0 amide bonds. The van der Waals surface area contributed by atoms with Gasteiger partial charge in [0.05, 0.1) is 23.0 Å². The Labute approximate surface area is 186 Å². The molecular weight excluding hydrogens is 446 g/mol. The molecule has 2 heterocycles. The number of nitrogens with one attached hydrogen (secondary N) is 2. The summed E-state index contributed by atoms with van der Waals surface area (Å²) in [5, 5.41) is 22.3. The molecule has 7 nitrogen and oxygen atoms in total. The number of fused-ring (bicyclic) bond motifs is 3. The molecule has 0 radical (unpaired) electrons. The topological polar surface area (TPSA) is 83.7 Å². The van der Waals surface area contributed by atoms with Crippen LogP contribution in [0.5, 0.6) is 0 Å². The Balaban J connectivity index is 1.47. The van der Waals surface area contributed by atoms with Crippen molar-refractivity contribution in [3.05, 3.63) is 21.9 Å². The molecule has 2 saturated carbocycles. The Hall–Kier alpha value is -1.22. The summed E-state index contributed by atoms with van der Waals surface area (Å²) in [7, 11) is 1.74. The molecule has 1 spiro atoms. The predicted molar refractivity (Wildman–Crippen MR) is 120 cm³/mol. The van der Waals surface area contributed by atoms with Gasteiger partial charge >= 0.3 is 0 Å². The third-order valence-corrected chi connectivity index (χ3v) is 8.19. The van der Waals surface area contributed by atoms with Gasteiger partial charge in [0, 0.05) is 43.3 Å². The zero-order valence-corrected chi connectivity index (χ0v) is 19.2. The van der Waals surface area contributed by atoms with Crippen molar-refractivity contribution in [2.45, 2.75) is 68.9 Å². The lowest BCUT2D eigenvalue weighted by Crippen LogP contribution is -2.32. The average molecular weight is 478 g/mol. The summed E-state index contributed by atoms with van der Waals surface area (Å²) in [6.45, 7) is 1.88. The average Bonchev–Trinajstić information content (AvgIpc) is 3.52. The number of aromatic nitrogens is 3. The van der Waals surface area contributed by atoms with E-state index in [-0.39, 0.29) is 17.9 Å². The van der Waals surface area contributed by atoms with Crippen molar-refractivity contribution in [2.75, 3.05) is 32.2 Å². The predicted octanol–water partition coefficient (Wildman–Crippen LogP) is 3.04. The van der Waals surface area contributed by atoms with E-state index in [0.717, 1.165) is 61.2 Å². The first-order valence-corrected chi connectivity index (χ1v) is 12.1. The maximum Gasteiger partial charge on any atom is 0.171 e. The molecule has 0 aliphatic heterocycles. The van der Waals surface area contributed by atoms with Gasteiger partial charge in [-0.2, -0.15) is 9.61 Å². The van der Waals surface area contributed by atoms with Crippen molar-refractivity contribution in [3.8, 4) is 0 Å². The lowest BCUT2D eigenvalue weighted by atomic mass is 9.76. The highest BCUT2D eigenvalue weighted by Crippen LogP contribution is 2.54. The van der Waals surface area contributed by atoms with Gasteiger partial charge in [0.25, 0.3) is 0 Å². The van der Waals surface area contributed by atoms with Crippen LogP contribution in [-0.2, 0) is 16.6 Å². The van der Waals surface area contributed by atoms with E-state index in [1.807, 2.05) is 10.7 Å². The van der Waals surface area contributed by atoms with Gasteiger partial charge in [-0.15, -0.1) is 0 Å². The van der Waals surface area contributed by atoms with Gasteiger partial charge in [-0.05, 0) is 60.4 Å². The quantitative estimate of drug-likeness (QED) is 0.531. The third-order valence-electron chi connectivity index (χ3n) is 7.63. The molecule has 3 atom stereocenters. The van der Waals surface area contributed by atoms with Crippen molar-refractivity contribution in [1.29, 1.82) is 0 Å². The lowest BCUT2D eigenvalue weighted by Gasteiger charge is -2.30. The molecular formula is C22H32BrN5O2. The molecule has 5 rings (SSSR count). The minimum Gasteiger partial charge on any atom is -0.396 e. The van der Waals surface area contributed by atoms with Crippen molar-refractivity contribution in [1.82, 2.24) is 19.9 Å². The largest absolute Gasteiger partial charge is 0.396 e. The van der Waals surface area contributed by atoms with Gasteiger partial charge in [0.15, 0.2) is 5.65 Å². The van der Waals surface area contributed by atoms with Crippen LogP contribution in [0, 0.1) is 5.92 Å². The Kier molecular flexibility index (Phi) is 5.77. The van der Waals surface area contributed by atoms with Crippen molar-refractivity contribution in [3.63, 3.8) is 0 Å². The smallest absolute Gasteiger partial charge is 0.171 e. The fraction of sp³-hybridized carbons (Fsp3) is 0.727. The van der Waals surface area contributed by atoms with Crippen LogP contribution in [0.1, 0.15) is 56.2 Å². The van der Waals surface area contributed by atoms with E-state index in [1.165, 1.54) is 30.5 Å². The second-order valence-corrected chi connectivity index (χ2v) is 10.1. The molecule has 3 aliphatic rings. The molecule has 3 aliphatic carbocycles. The maximum absolute atomic E-state index is 10.2. The van der Waals surface area contributed by atoms with E-state index in [4.69, 9.17) is 9.72 Å². The first-order valence-electron chi connectivity index (χ1n) is 11.3. The standard InChI is InChI=1S/C22H32BrN5O2/c1-30-9-8-24-15-4-5-16(11-15)26-20-17-10-14(13-29)22(6-2-3-7-22)19(17)27-21-18(23)12-25-28(20)21/h12,14-16,24,26,29H,2-11,13H2,1H3/t14?,15-,16?/m0/s1. The highest BCUT2D eigenvalue weighted by atomic mass is 79.9. The van der Waals surface area contributed by atoms with Crippen LogP contribution in [0.25, 0.3) is 5.65 Å². The number of aliphatic hydroxyl groups is 1. The number of hydrogen-bond donors (Lipinski definition) is 3. The number of hydrogen-bond acceptors (Lipinski definition) is 6. The Morgan fingerprint density at radius 2 is 2.10 bits per heavy atom. The summed E-state index contributed by atoms with van der Waals surface area (Å²) in [6, 6.07) is 0.939. The summed E-state index contributed by atoms with van der Waals surface area (Å²) >= 11 is 3.65. The van der Waals surface area contributed by atoms with Crippen LogP contribution in [0.2, 0.25) is 0 Å². The van der Waals surface area contributed by atoms with E-state index < -0.39 is 0 Å². The Morgan fingerprint density at radius 1 is 1.30 bits per heavy atom. The zero-order valence-electron chi connectivity index (χ0n) is 17.7. The number of methoxy groups -OCH3 is 1. The van der Waals surface area contributed by atoms with Gasteiger partial charge in [-0.3, -0.25) is 0 Å². The van der Waals surface area contributed by atoms with Crippen molar-refractivity contribution >= 4 is 27.4 Å². The minimum atomic E-state index is 0.0336. The van der Waals surface area contributed by atoms with Gasteiger partial charge in [0.2, 0.25) is 0 Å².